The first kappa shape index (κ1) is 15.8. The molecule has 0 aliphatic rings. The highest BCUT2D eigenvalue weighted by Gasteiger charge is 2.06. The third-order valence-electron chi connectivity index (χ3n) is 2.75. The van der Waals surface area contributed by atoms with Crippen molar-refractivity contribution in [1.29, 1.82) is 0 Å². The van der Waals surface area contributed by atoms with Crippen LogP contribution in [0, 0.1) is 0 Å². The Labute approximate surface area is 134 Å². The first-order valence-corrected chi connectivity index (χ1v) is 7.23. The molecule has 0 saturated heterocycles. The number of nitrogens with zero attached hydrogens (tertiary/aromatic N) is 3. The standard InChI is InChI=1S/C14H17Cl2N5/c1-21(2)7-6-17-12-8-13(19-9-18-12)20-11-5-3-4-10(15)14(11)16/h3-5,8-9H,6-7H2,1-2H3,(H2,17,18,19,20). The maximum Gasteiger partial charge on any atom is 0.135 e. The van der Waals surface area contributed by atoms with Crippen LogP contribution in [0.2, 0.25) is 10.0 Å². The van der Waals surface area contributed by atoms with Gasteiger partial charge in [0.2, 0.25) is 0 Å². The average molecular weight is 326 g/mol. The zero-order chi connectivity index (χ0) is 15.2. The molecule has 1 aromatic heterocycles. The van der Waals surface area contributed by atoms with E-state index in [0.717, 1.165) is 18.9 Å². The van der Waals surface area contributed by atoms with Gasteiger partial charge in [-0.15, -0.1) is 0 Å². The van der Waals surface area contributed by atoms with Crippen LogP contribution in [0.3, 0.4) is 0 Å². The third kappa shape index (κ3) is 4.74. The smallest absolute Gasteiger partial charge is 0.135 e. The maximum atomic E-state index is 6.14. The molecule has 2 aromatic rings. The van der Waals surface area contributed by atoms with Gasteiger partial charge in [0.15, 0.2) is 0 Å². The molecule has 112 valence electrons. The Bertz CT molecular complexity index is 604. The molecule has 5 nitrogen and oxygen atoms in total. The molecule has 0 unspecified atom stereocenters. The van der Waals surface area contributed by atoms with Gasteiger partial charge in [-0.05, 0) is 26.2 Å². The molecule has 21 heavy (non-hydrogen) atoms. The minimum Gasteiger partial charge on any atom is -0.369 e. The predicted molar refractivity (Wildman–Crippen MR) is 88.8 cm³/mol. The number of rotatable bonds is 6. The van der Waals surface area contributed by atoms with E-state index in [2.05, 4.69) is 25.5 Å². The second-order valence-electron chi connectivity index (χ2n) is 4.74. The highest BCUT2D eigenvalue weighted by Crippen LogP contribution is 2.31. The fourth-order valence-corrected chi connectivity index (χ4v) is 2.02. The van der Waals surface area contributed by atoms with Gasteiger partial charge < -0.3 is 15.5 Å². The van der Waals surface area contributed by atoms with Crippen molar-refractivity contribution in [3.05, 3.63) is 40.6 Å². The van der Waals surface area contributed by atoms with E-state index in [1.807, 2.05) is 32.3 Å². The number of halogens is 2. The molecule has 1 heterocycles. The molecule has 0 aliphatic heterocycles. The van der Waals surface area contributed by atoms with Gasteiger partial charge in [0.25, 0.3) is 0 Å². The molecule has 0 fully saturated rings. The van der Waals surface area contributed by atoms with Gasteiger partial charge in [-0.2, -0.15) is 0 Å². The number of hydrogen-bond acceptors (Lipinski definition) is 5. The van der Waals surface area contributed by atoms with Crippen molar-refractivity contribution in [2.24, 2.45) is 0 Å². The molecule has 7 heteroatoms. The first-order valence-electron chi connectivity index (χ1n) is 6.48. The maximum absolute atomic E-state index is 6.14. The molecule has 2 rings (SSSR count). The minimum atomic E-state index is 0.472. The summed E-state index contributed by atoms with van der Waals surface area (Å²) in [6.45, 7) is 1.73. The van der Waals surface area contributed by atoms with Crippen molar-refractivity contribution in [3.63, 3.8) is 0 Å². The molecule has 0 aliphatic carbocycles. The van der Waals surface area contributed by atoms with Crippen LogP contribution in [0.1, 0.15) is 0 Å². The van der Waals surface area contributed by atoms with E-state index >= 15 is 0 Å². The van der Waals surface area contributed by atoms with Crippen LogP contribution in [0.5, 0.6) is 0 Å². The Balaban J connectivity index is 2.05. The van der Waals surface area contributed by atoms with Gasteiger partial charge in [0.1, 0.15) is 18.0 Å². The van der Waals surface area contributed by atoms with E-state index in [1.54, 1.807) is 6.07 Å². The van der Waals surface area contributed by atoms with Gasteiger partial charge in [-0.1, -0.05) is 29.3 Å². The number of nitrogens with one attached hydrogen (secondary N) is 2. The van der Waals surface area contributed by atoms with Gasteiger partial charge in [0.05, 0.1) is 15.7 Å². The largest absolute Gasteiger partial charge is 0.369 e. The quantitative estimate of drug-likeness (QED) is 0.851. The molecule has 1 aromatic carbocycles. The third-order valence-corrected chi connectivity index (χ3v) is 3.57. The van der Waals surface area contributed by atoms with Crippen molar-refractivity contribution >= 4 is 40.5 Å². The van der Waals surface area contributed by atoms with Crippen molar-refractivity contribution in [1.82, 2.24) is 14.9 Å². The topological polar surface area (TPSA) is 53.1 Å². The summed E-state index contributed by atoms with van der Waals surface area (Å²) in [4.78, 5) is 10.4. The van der Waals surface area contributed by atoms with Gasteiger partial charge >= 0.3 is 0 Å². The molecule has 0 radical (unpaired) electrons. The summed E-state index contributed by atoms with van der Waals surface area (Å²) in [5.41, 5.74) is 0.710. The lowest BCUT2D eigenvalue weighted by Gasteiger charge is -2.12. The summed E-state index contributed by atoms with van der Waals surface area (Å²) < 4.78 is 0. The average Bonchev–Trinajstić information content (AvgIpc) is 2.44. The Morgan fingerprint density at radius 3 is 2.67 bits per heavy atom. The number of benzene rings is 1. The minimum absolute atomic E-state index is 0.472. The predicted octanol–water partition coefficient (Wildman–Crippen LogP) is 3.50. The number of hydrogen-bond donors (Lipinski definition) is 2. The summed E-state index contributed by atoms with van der Waals surface area (Å²) in [6, 6.07) is 7.24. The molecule has 2 N–H and O–H groups in total. The normalized spacial score (nSPS) is 10.7. The molecular formula is C14H17Cl2N5. The summed E-state index contributed by atoms with van der Waals surface area (Å²) in [6.07, 6.45) is 1.50. The number of likely N-dealkylation sites (N-methyl/N-ethyl adjacent to an activating group) is 1. The van der Waals surface area contributed by atoms with Crippen molar-refractivity contribution in [3.8, 4) is 0 Å². The number of aromatic nitrogens is 2. The molecule has 0 saturated carbocycles. The fraction of sp³-hybridized carbons (Fsp3) is 0.286. The summed E-state index contributed by atoms with van der Waals surface area (Å²) in [5.74, 6) is 1.41. The fourth-order valence-electron chi connectivity index (χ4n) is 1.67. The van der Waals surface area contributed by atoms with Crippen LogP contribution in [0.15, 0.2) is 30.6 Å². The van der Waals surface area contributed by atoms with E-state index in [-0.39, 0.29) is 0 Å². The Morgan fingerprint density at radius 1 is 1.14 bits per heavy atom. The second-order valence-corrected chi connectivity index (χ2v) is 5.53. The zero-order valence-corrected chi connectivity index (χ0v) is 13.4. The zero-order valence-electron chi connectivity index (χ0n) is 11.9. The Morgan fingerprint density at radius 2 is 1.90 bits per heavy atom. The number of anilines is 3. The summed E-state index contributed by atoms with van der Waals surface area (Å²) in [7, 11) is 4.05. The molecule has 0 bridgehead atoms. The highest BCUT2D eigenvalue weighted by atomic mass is 35.5. The lowest BCUT2D eigenvalue weighted by Crippen LogP contribution is -2.21. The molecular weight excluding hydrogens is 309 g/mol. The van der Waals surface area contributed by atoms with Crippen molar-refractivity contribution < 1.29 is 0 Å². The monoisotopic (exact) mass is 325 g/mol. The summed E-state index contributed by atoms with van der Waals surface area (Å²) >= 11 is 12.1. The van der Waals surface area contributed by atoms with Crippen LogP contribution in [0.25, 0.3) is 0 Å². The first-order chi connectivity index (χ1) is 10.1. The lowest BCUT2D eigenvalue weighted by atomic mass is 10.3. The van der Waals surface area contributed by atoms with Crippen LogP contribution >= 0.6 is 23.2 Å². The van der Waals surface area contributed by atoms with E-state index in [4.69, 9.17) is 23.2 Å². The molecule has 0 amide bonds. The van der Waals surface area contributed by atoms with Crippen molar-refractivity contribution in [2.75, 3.05) is 37.8 Å². The van der Waals surface area contributed by atoms with Gasteiger partial charge in [-0.3, -0.25) is 0 Å². The summed E-state index contributed by atoms with van der Waals surface area (Å²) in [5, 5.41) is 7.34. The molecule has 0 atom stereocenters. The Hall–Kier alpha value is -1.56. The molecule has 0 spiro atoms. The van der Waals surface area contributed by atoms with Crippen molar-refractivity contribution in [2.45, 2.75) is 0 Å². The lowest BCUT2D eigenvalue weighted by molar-refractivity contribution is 0.425. The van der Waals surface area contributed by atoms with E-state index in [9.17, 15) is 0 Å². The van der Waals surface area contributed by atoms with E-state index < -0.39 is 0 Å². The highest BCUT2D eigenvalue weighted by molar-refractivity contribution is 6.43. The Kier molecular flexibility index (Phi) is 5.61. The van der Waals surface area contributed by atoms with Gasteiger partial charge in [0, 0.05) is 19.2 Å². The van der Waals surface area contributed by atoms with Gasteiger partial charge in [-0.25, -0.2) is 9.97 Å². The van der Waals surface area contributed by atoms with E-state index in [0.29, 0.717) is 21.6 Å². The van der Waals surface area contributed by atoms with Crippen LogP contribution in [-0.2, 0) is 0 Å². The second kappa shape index (κ2) is 7.45. The van der Waals surface area contributed by atoms with E-state index in [1.165, 1.54) is 6.33 Å². The van der Waals surface area contributed by atoms with Crippen LogP contribution in [-0.4, -0.2) is 42.1 Å². The SMILES string of the molecule is CN(C)CCNc1cc(Nc2cccc(Cl)c2Cl)ncn1. The van der Waals surface area contributed by atoms with Crippen LogP contribution < -0.4 is 10.6 Å². The van der Waals surface area contributed by atoms with Crippen LogP contribution in [0.4, 0.5) is 17.3 Å².